The number of piperidine rings is 3. The lowest BCUT2D eigenvalue weighted by molar-refractivity contribution is -0.156. The maximum Gasteiger partial charge on any atom is 0.311 e. The first-order chi connectivity index (χ1) is 15.6. The van der Waals surface area contributed by atoms with Gasteiger partial charge in [-0.1, -0.05) is 42.5 Å². The van der Waals surface area contributed by atoms with Crippen LogP contribution in [0.15, 0.2) is 73.4 Å². The van der Waals surface area contributed by atoms with Crippen LogP contribution in [0.3, 0.4) is 0 Å². The molecular formula is C27H27FN2O2. The summed E-state index contributed by atoms with van der Waals surface area (Å²) < 4.78 is 20.3. The molecule has 4 heterocycles. The number of hydrogen-bond acceptors (Lipinski definition) is 4. The minimum Gasteiger partial charge on any atom is -0.456 e. The molecule has 5 heteroatoms. The Balaban J connectivity index is 1.49. The molecule has 5 unspecified atom stereocenters. The smallest absolute Gasteiger partial charge is 0.311 e. The zero-order valence-corrected chi connectivity index (χ0v) is 18.0. The standard InChI is InChI=1S/C27H27FN2O2/c1-2-18-17-30-14-12-19(18)15-25(30)27(22-11-13-29-24-10-6-4-8-21(22)24)32-26(31)16-20-7-3-5-9-23(20)28/h2-11,13,18-19,25,27H,1,12,14-17H2. The van der Waals surface area contributed by atoms with Crippen LogP contribution in [0.1, 0.15) is 30.1 Å². The van der Waals surface area contributed by atoms with Crippen molar-refractivity contribution in [3.05, 3.63) is 90.4 Å². The van der Waals surface area contributed by atoms with Crippen molar-refractivity contribution in [2.24, 2.45) is 11.8 Å². The molecule has 164 valence electrons. The van der Waals surface area contributed by atoms with Gasteiger partial charge in [0.25, 0.3) is 0 Å². The zero-order chi connectivity index (χ0) is 22.1. The highest BCUT2D eigenvalue weighted by molar-refractivity contribution is 5.83. The average Bonchev–Trinajstić information content (AvgIpc) is 2.84. The molecule has 3 aliphatic heterocycles. The third-order valence-electron chi connectivity index (χ3n) is 7.04. The lowest BCUT2D eigenvalue weighted by Crippen LogP contribution is -2.55. The Kier molecular flexibility index (Phi) is 5.75. The summed E-state index contributed by atoms with van der Waals surface area (Å²) in [7, 11) is 0. The number of halogens is 1. The quantitative estimate of drug-likeness (QED) is 0.403. The summed E-state index contributed by atoms with van der Waals surface area (Å²) in [6.07, 6.45) is 5.41. The van der Waals surface area contributed by atoms with Crippen molar-refractivity contribution >= 4 is 16.9 Å². The van der Waals surface area contributed by atoms with E-state index in [-0.39, 0.29) is 18.3 Å². The minimum atomic E-state index is -0.435. The molecule has 6 rings (SSSR count). The lowest BCUT2D eigenvalue weighted by Gasteiger charge is -2.51. The number of pyridine rings is 1. The predicted molar refractivity (Wildman–Crippen MR) is 122 cm³/mol. The molecular weight excluding hydrogens is 403 g/mol. The number of esters is 1. The summed E-state index contributed by atoms with van der Waals surface area (Å²) >= 11 is 0. The van der Waals surface area contributed by atoms with E-state index >= 15 is 0 Å². The molecule has 3 aromatic rings. The van der Waals surface area contributed by atoms with E-state index < -0.39 is 12.1 Å². The molecule has 1 aromatic heterocycles. The second kappa shape index (κ2) is 8.83. The summed E-state index contributed by atoms with van der Waals surface area (Å²) in [5, 5.41) is 0.988. The molecule has 0 spiro atoms. The Morgan fingerprint density at radius 1 is 1.22 bits per heavy atom. The molecule has 0 saturated carbocycles. The van der Waals surface area contributed by atoms with Crippen LogP contribution in [0.4, 0.5) is 4.39 Å². The van der Waals surface area contributed by atoms with Crippen LogP contribution >= 0.6 is 0 Å². The monoisotopic (exact) mass is 430 g/mol. The van der Waals surface area contributed by atoms with Gasteiger partial charge in [0.05, 0.1) is 18.0 Å². The Morgan fingerprint density at radius 2 is 2.03 bits per heavy atom. The number of carbonyl (C=O) groups is 1. The highest BCUT2D eigenvalue weighted by Crippen LogP contribution is 2.43. The van der Waals surface area contributed by atoms with Crippen LogP contribution in [-0.2, 0) is 16.0 Å². The van der Waals surface area contributed by atoms with Gasteiger partial charge < -0.3 is 4.74 Å². The van der Waals surface area contributed by atoms with E-state index in [0.29, 0.717) is 17.4 Å². The molecule has 3 aliphatic rings. The molecule has 5 atom stereocenters. The first-order valence-corrected chi connectivity index (χ1v) is 11.3. The van der Waals surface area contributed by atoms with E-state index in [4.69, 9.17) is 4.74 Å². The topological polar surface area (TPSA) is 42.4 Å². The molecule has 0 radical (unpaired) electrons. The molecule has 32 heavy (non-hydrogen) atoms. The van der Waals surface area contributed by atoms with Crippen molar-refractivity contribution in [2.75, 3.05) is 13.1 Å². The van der Waals surface area contributed by atoms with Crippen LogP contribution in [0.25, 0.3) is 10.9 Å². The van der Waals surface area contributed by atoms with Gasteiger partial charge in [-0.15, -0.1) is 6.58 Å². The third-order valence-corrected chi connectivity index (χ3v) is 7.04. The van der Waals surface area contributed by atoms with Crippen molar-refractivity contribution < 1.29 is 13.9 Å². The second-order valence-electron chi connectivity index (χ2n) is 8.84. The Bertz CT molecular complexity index is 1140. The molecule has 2 aromatic carbocycles. The first kappa shape index (κ1) is 20.8. The van der Waals surface area contributed by atoms with Gasteiger partial charge in [0.2, 0.25) is 0 Å². The summed E-state index contributed by atoms with van der Waals surface area (Å²) in [4.78, 5) is 19.9. The number of rotatable bonds is 6. The molecule has 4 nitrogen and oxygen atoms in total. The maximum absolute atomic E-state index is 14.1. The number of carbonyl (C=O) groups excluding carboxylic acids is 1. The van der Waals surface area contributed by atoms with Crippen molar-refractivity contribution in [1.29, 1.82) is 0 Å². The summed E-state index contributed by atoms with van der Waals surface area (Å²) in [6.45, 7) is 5.94. The third kappa shape index (κ3) is 3.93. The number of nitrogens with zero attached hydrogens (tertiary/aromatic N) is 2. The van der Waals surface area contributed by atoms with E-state index in [1.165, 1.54) is 6.07 Å². The minimum absolute atomic E-state index is 0.0836. The van der Waals surface area contributed by atoms with Gasteiger partial charge in [-0.3, -0.25) is 14.7 Å². The fourth-order valence-corrected chi connectivity index (χ4v) is 5.39. The van der Waals surface area contributed by atoms with E-state index in [0.717, 1.165) is 42.4 Å². The van der Waals surface area contributed by atoms with E-state index in [2.05, 4.69) is 22.5 Å². The Morgan fingerprint density at radius 3 is 2.81 bits per heavy atom. The summed E-state index contributed by atoms with van der Waals surface area (Å²) in [5.41, 5.74) is 2.19. The first-order valence-electron chi connectivity index (χ1n) is 11.3. The van der Waals surface area contributed by atoms with E-state index in [1.807, 2.05) is 30.3 Å². The number of ether oxygens (including phenoxy) is 1. The Labute approximate surface area is 187 Å². The zero-order valence-electron chi connectivity index (χ0n) is 18.0. The second-order valence-corrected chi connectivity index (χ2v) is 8.84. The van der Waals surface area contributed by atoms with E-state index in [1.54, 1.807) is 24.4 Å². The molecule has 0 aliphatic carbocycles. The summed E-state index contributed by atoms with van der Waals surface area (Å²) in [6, 6.07) is 16.3. The van der Waals surface area contributed by atoms with Crippen LogP contribution in [0.5, 0.6) is 0 Å². The Hall–Kier alpha value is -3.05. The molecule has 3 saturated heterocycles. The normalized spacial score (nSPS) is 25.4. The van der Waals surface area contributed by atoms with Crippen LogP contribution < -0.4 is 0 Å². The predicted octanol–water partition coefficient (Wildman–Crippen LogP) is 5.10. The number of benzene rings is 2. The molecule has 0 N–H and O–H groups in total. The highest BCUT2D eigenvalue weighted by atomic mass is 19.1. The van der Waals surface area contributed by atoms with Gasteiger partial charge in [0, 0.05) is 23.7 Å². The fraction of sp³-hybridized carbons (Fsp3) is 0.333. The van der Waals surface area contributed by atoms with Crippen molar-refractivity contribution in [2.45, 2.75) is 31.4 Å². The van der Waals surface area contributed by atoms with Crippen molar-refractivity contribution in [3.63, 3.8) is 0 Å². The van der Waals surface area contributed by atoms with Crippen LogP contribution in [0.2, 0.25) is 0 Å². The largest absolute Gasteiger partial charge is 0.456 e. The van der Waals surface area contributed by atoms with Crippen LogP contribution in [0, 0.1) is 17.7 Å². The molecule has 2 bridgehead atoms. The number of hydrogen-bond donors (Lipinski definition) is 0. The van der Waals surface area contributed by atoms with Gasteiger partial charge >= 0.3 is 5.97 Å². The van der Waals surface area contributed by atoms with Gasteiger partial charge in [-0.2, -0.15) is 0 Å². The number of aromatic nitrogens is 1. The fourth-order valence-electron chi connectivity index (χ4n) is 5.39. The molecule has 3 fully saturated rings. The SMILES string of the molecule is C=CC1CN2CCC1CC2C(OC(=O)Cc1ccccc1F)c1ccnc2ccccc12. The van der Waals surface area contributed by atoms with Gasteiger partial charge in [0.1, 0.15) is 11.9 Å². The lowest BCUT2D eigenvalue weighted by atomic mass is 9.73. The van der Waals surface area contributed by atoms with Crippen molar-refractivity contribution in [1.82, 2.24) is 9.88 Å². The van der Waals surface area contributed by atoms with Gasteiger partial charge in [0.15, 0.2) is 0 Å². The number of para-hydroxylation sites is 1. The molecule has 0 amide bonds. The number of fused-ring (bicyclic) bond motifs is 4. The van der Waals surface area contributed by atoms with Crippen LogP contribution in [-0.4, -0.2) is 35.0 Å². The maximum atomic E-state index is 14.1. The van der Waals surface area contributed by atoms with Gasteiger partial charge in [-0.25, -0.2) is 4.39 Å². The van der Waals surface area contributed by atoms with Gasteiger partial charge in [-0.05, 0) is 55.0 Å². The van der Waals surface area contributed by atoms with Crippen molar-refractivity contribution in [3.8, 4) is 0 Å². The highest BCUT2D eigenvalue weighted by Gasteiger charge is 2.44. The summed E-state index contributed by atoms with van der Waals surface area (Å²) in [5.74, 6) is 0.223. The van der Waals surface area contributed by atoms with E-state index in [9.17, 15) is 9.18 Å². The average molecular weight is 431 g/mol.